The molecule has 1 aromatic heterocycles. The average Bonchev–Trinajstić information content (AvgIpc) is 2.69. The Balaban J connectivity index is 1.45. The van der Waals surface area contributed by atoms with Crippen molar-refractivity contribution in [1.29, 1.82) is 0 Å². The van der Waals surface area contributed by atoms with Crippen molar-refractivity contribution < 1.29 is 13.2 Å². The number of sulfonamides is 1. The van der Waals surface area contributed by atoms with Gasteiger partial charge in [0.25, 0.3) is 0 Å². The van der Waals surface area contributed by atoms with Gasteiger partial charge in [-0.25, -0.2) is 13.4 Å². The maximum Gasteiger partial charge on any atom is 0.244 e. The molecule has 146 valence electrons. The number of piperazine rings is 1. The van der Waals surface area contributed by atoms with E-state index in [1.807, 2.05) is 37.4 Å². The summed E-state index contributed by atoms with van der Waals surface area (Å²) >= 11 is 1.60. The van der Waals surface area contributed by atoms with E-state index in [0.717, 1.165) is 36.0 Å². The van der Waals surface area contributed by atoms with Gasteiger partial charge < -0.3 is 9.64 Å². The van der Waals surface area contributed by atoms with Gasteiger partial charge in [-0.3, -0.25) is 0 Å². The quantitative estimate of drug-likeness (QED) is 0.495. The van der Waals surface area contributed by atoms with E-state index in [0.29, 0.717) is 19.7 Å². The smallest absolute Gasteiger partial charge is 0.244 e. The number of pyridine rings is 1. The highest BCUT2D eigenvalue weighted by Crippen LogP contribution is 2.21. The lowest BCUT2D eigenvalue weighted by Gasteiger charge is -2.31. The maximum absolute atomic E-state index is 12.7. The Morgan fingerprint density at radius 3 is 2.48 bits per heavy atom. The van der Waals surface area contributed by atoms with Gasteiger partial charge in [0.15, 0.2) is 0 Å². The summed E-state index contributed by atoms with van der Waals surface area (Å²) in [6.45, 7) is 3.21. The van der Waals surface area contributed by atoms with Crippen LogP contribution in [0.4, 0.5) is 0 Å². The van der Waals surface area contributed by atoms with Crippen molar-refractivity contribution in [1.82, 2.24) is 14.2 Å². The van der Waals surface area contributed by atoms with Gasteiger partial charge >= 0.3 is 0 Å². The summed E-state index contributed by atoms with van der Waals surface area (Å²) in [6.07, 6.45) is 2.36. The number of likely N-dealkylation sites (N-methyl/N-ethyl adjacent to an activating group) is 1. The largest absolute Gasteiger partial charge is 0.494 e. The SMILES string of the molecule is CN1CCN(S(=O)(=O)c2ccc(SCCCOc3ccccc3)nc2)CC1. The lowest BCUT2D eigenvalue weighted by Crippen LogP contribution is -2.47. The molecule has 8 heteroatoms. The highest BCUT2D eigenvalue weighted by Gasteiger charge is 2.27. The Kier molecular flexibility index (Phi) is 7.12. The summed E-state index contributed by atoms with van der Waals surface area (Å²) in [5.74, 6) is 1.74. The van der Waals surface area contributed by atoms with Gasteiger partial charge in [-0.05, 0) is 37.7 Å². The molecule has 0 unspecified atom stereocenters. The van der Waals surface area contributed by atoms with E-state index >= 15 is 0 Å². The Bertz CT molecular complexity index is 806. The minimum absolute atomic E-state index is 0.267. The number of hydrogen-bond acceptors (Lipinski definition) is 6. The van der Waals surface area contributed by atoms with E-state index in [-0.39, 0.29) is 4.90 Å². The second-order valence-corrected chi connectivity index (χ2v) is 9.46. The Hall–Kier alpha value is -1.61. The molecule has 3 rings (SSSR count). The highest BCUT2D eigenvalue weighted by molar-refractivity contribution is 7.99. The van der Waals surface area contributed by atoms with Crippen molar-refractivity contribution in [3.8, 4) is 5.75 Å². The lowest BCUT2D eigenvalue weighted by molar-refractivity contribution is 0.222. The Labute approximate surface area is 165 Å². The van der Waals surface area contributed by atoms with Crippen molar-refractivity contribution in [2.45, 2.75) is 16.3 Å². The molecule has 0 atom stereocenters. The number of hydrogen-bond donors (Lipinski definition) is 0. The minimum Gasteiger partial charge on any atom is -0.494 e. The third-order valence-electron chi connectivity index (χ3n) is 4.36. The topological polar surface area (TPSA) is 62.7 Å². The number of rotatable bonds is 8. The molecule has 2 aromatic rings. The number of ether oxygens (including phenoxy) is 1. The number of thioether (sulfide) groups is 1. The first-order valence-corrected chi connectivity index (χ1v) is 11.4. The molecule has 27 heavy (non-hydrogen) atoms. The normalized spacial score (nSPS) is 16.3. The van der Waals surface area contributed by atoms with Crippen LogP contribution >= 0.6 is 11.8 Å². The number of nitrogens with zero attached hydrogens (tertiary/aromatic N) is 3. The van der Waals surface area contributed by atoms with E-state index in [9.17, 15) is 8.42 Å². The minimum atomic E-state index is -3.45. The second-order valence-electron chi connectivity index (χ2n) is 6.40. The van der Waals surface area contributed by atoms with Crippen LogP contribution in [0.1, 0.15) is 6.42 Å². The van der Waals surface area contributed by atoms with Crippen LogP contribution in [0.5, 0.6) is 5.75 Å². The van der Waals surface area contributed by atoms with Crippen LogP contribution in [0, 0.1) is 0 Å². The molecular formula is C19H25N3O3S2. The van der Waals surface area contributed by atoms with Crippen molar-refractivity contribution in [2.75, 3.05) is 45.6 Å². The van der Waals surface area contributed by atoms with Crippen LogP contribution in [0.15, 0.2) is 58.6 Å². The average molecular weight is 408 g/mol. The van der Waals surface area contributed by atoms with Gasteiger partial charge in [-0.2, -0.15) is 4.31 Å². The standard InChI is InChI=1S/C19H25N3O3S2/c1-21-10-12-22(13-11-21)27(23,24)18-8-9-19(20-16-18)26-15-5-14-25-17-6-3-2-4-7-17/h2-4,6-9,16H,5,10-15H2,1H3. The van der Waals surface area contributed by atoms with Crippen LogP contribution < -0.4 is 4.74 Å². The first kappa shape index (κ1) is 20.1. The summed E-state index contributed by atoms with van der Waals surface area (Å²) in [5.41, 5.74) is 0. The molecule has 0 radical (unpaired) electrons. The van der Waals surface area contributed by atoms with E-state index in [4.69, 9.17) is 4.74 Å². The van der Waals surface area contributed by atoms with Crippen molar-refractivity contribution in [2.24, 2.45) is 0 Å². The van der Waals surface area contributed by atoms with Gasteiger partial charge in [0.05, 0.1) is 11.6 Å². The fourth-order valence-electron chi connectivity index (χ4n) is 2.72. The van der Waals surface area contributed by atoms with Gasteiger partial charge in [0, 0.05) is 38.1 Å². The van der Waals surface area contributed by atoms with E-state index in [1.54, 1.807) is 23.9 Å². The molecule has 0 saturated carbocycles. The summed E-state index contributed by atoms with van der Waals surface area (Å²) in [4.78, 5) is 6.71. The van der Waals surface area contributed by atoms with Gasteiger partial charge in [0.1, 0.15) is 10.6 Å². The monoisotopic (exact) mass is 407 g/mol. The van der Waals surface area contributed by atoms with Gasteiger partial charge in [-0.15, -0.1) is 11.8 Å². The molecule has 6 nitrogen and oxygen atoms in total. The van der Waals surface area contributed by atoms with Crippen molar-refractivity contribution in [3.05, 3.63) is 48.7 Å². The Morgan fingerprint density at radius 1 is 1.07 bits per heavy atom. The third-order valence-corrected chi connectivity index (χ3v) is 7.27. The molecule has 0 N–H and O–H groups in total. The zero-order valence-corrected chi connectivity index (χ0v) is 17.1. The fraction of sp³-hybridized carbons (Fsp3) is 0.421. The molecule has 1 aromatic carbocycles. The lowest BCUT2D eigenvalue weighted by atomic mass is 10.3. The third kappa shape index (κ3) is 5.68. The first-order valence-electron chi connectivity index (χ1n) is 9.01. The maximum atomic E-state index is 12.7. The van der Waals surface area contributed by atoms with Crippen molar-refractivity contribution in [3.63, 3.8) is 0 Å². The summed E-state index contributed by atoms with van der Waals surface area (Å²) in [6, 6.07) is 13.2. The molecular weight excluding hydrogens is 382 g/mol. The molecule has 0 amide bonds. The zero-order chi connectivity index (χ0) is 19.1. The molecule has 0 spiro atoms. The molecule has 1 fully saturated rings. The Morgan fingerprint density at radius 2 is 1.81 bits per heavy atom. The summed E-state index contributed by atoms with van der Waals surface area (Å²) in [5, 5.41) is 0.826. The van der Waals surface area contributed by atoms with Crippen LogP contribution in [-0.2, 0) is 10.0 Å². The molecule has 1 aliphatic rings. The predicted octanol–water partition coefficient (Wildman–Crippen LogP) is 2.58. The highest BCUT2D eigenvalue weighted by atomic mass is 32.2. The summed E-state index contributed by atoms with van der Waals surface area (Å²) in [7, 11) is -1.44. The molecule has 0 aliphatic carbocycles. The number of aromatic nitrogens is 1. The summed E-state index contributed by atoms with van der Waals surface area (Å²) < 4.78 is 32.6. The van der Waals surface area contributed by atoms with Crippen molar-refractivity contribution >= 4 is 21.8 Å². The van der Waals surface area contributed by atoms with Crippen LogP contribution in [0.25, 0.3) is 0 Å². The first-order chi connectivity index (χ1) is 13.1. The van der Waals surface area contributed by atoms with E-state index in [1.165, 1.54) is 10.5 Å². The predicted molar refractivity (Wildman–Crippen MR) is 108 cm³/mol. The zero-order valence-electron chi connectivity index (χ0n) is 15.5. The molecule has 1 aliphatic heterocycles. The molecule has 0 bridgehead atoms. The van der Waals surface area contributed by atoms with E-state index in [2.05, 4.69) is 9.88 Å². The van der Waals surface area contributed by atoms with Gasteiger partial charge in [-0.1, -0.05) is 18.2 Å². The number of benzene rings is 1. The second kappa shape index (κ2) is 9.54. The van der Waals surface area contributed by atoms with Gasteiger partial charge in [0.2, 0.25) is 10.0 Å². The fourth-order valence-corrected chi connectivity index (χ4v) is 4.86. The van der Waals surface area contributed by atoms with Crippen LogP contribution in [0.3, 0.4) is 0 Å². The number of para-hydroxylation sites is 1. The van der Waals surface area contributed by atoms with Crippen LogP contribution in [0.2, 0.25) is 0 Å². The molecule has 2 heterocycles. The molecule has 1 saturated heterocycles. The van der Waals surface area contributed by atoms with E-state index < -0.39 is 10.0 Å². The van der Waals surface area contributed by atoms with Crippen LogP contribution in [-0.4, -0.2) is 68.2 Å².